The lowest BCUT2D eigenvalue weighted by atomic mass is 9.81. The lowest BCUT2D eigenvalue weighted by Crippen LogP contribution is -2.49. The standard InChI is InChI=1S/C22H30INO5S.C22H31NO5S.C14H19NO4S.C8H12O3.C8H14O2.C6H7NO2S.C6H10/c1-14-3-5-15(6-4-14)20(25)24(17-13-18(23)30-19(17)21(26)27-2)16-7-9-22(10-8-16)28-11-12-29-22;1-15-3-5-16(6-4-15)20(24)23(18-9-14-29-19(18)21(25)26-2)17-7-10-22(11-8-17)27-12-13-28-22;1-17-13(16)12-11(4-9-20-12)15-10-2-5-14(6-3-10)18-7-8-19-14;9-7-1-3-8(4-2-7)10-5-6-11-8;1-6-2-4-7(5-3-6)8(9)10;1-9-6(8)5-4(7)2-3-10-5;1-5-6(2,3)4/h13-16H,3-12H2,1-2H3;9,14-17H,3-8,10-13H2,1-2H3;4,9-10,15H,2-3,5-8H2,1H3;1-6H2;6-7H,2-5H2,1H3,(H,9,10);2-3H,7H2,1H3;1H,2-4H3. The molecule has 4 aliphatic heterocycles. The van der Waals surface area contributed by atoms with E-state index >= 15 is 0 Å². The van der Waals surface area contributed by atoms with Crippen molar-refractivity contribution in [3.8, 4) is 12.3 Å². The van der Waals surface area contributed by atoms with Crippen molar-refractivity contribution >= 4 is 138 Å². The number of hydrogen-bond donors (Lipinski definition) is 3. The van der Waals surface area contributed by atoms with E-state index in [1.54, 1.807) is 11.4 Å². The number of ether oxygens (including phenoxy) is 12. The number of nitrogens with two attached hydrogens (primary N) is 1. The molecular formula is C86H123IN4O21S4. The van der Waals surface area contributed by atoms with Crippen molar-refractivity contribution in [1.29, 1.82) is 0 Å². The number of aliphatic carboxylic acids is 1. The number of anilines is 4. The molecule has 15 rings (SSSR count). The number of thiophene rings is 4. The van der Waals surface area contributed by atoms with E-state index in [0.29, 0.717) is 126 Å². The number of nitrogens with one attached hydrogen (secondary N) is 1. The number of esters is 4. The lowest BCUT2D eigenvalue weighted by Gasteiger charge is -2.42. The third-order valence-corrected chi connectivity index (χ3v) is 28.3. The fourth-order valence-corrected chi connectivity index (χ4v) is 20.8. The maximum absolute atomic E-state index is 13.8. The van der Waals surface area contributed by atoms with E-state index in [-0.39, 0.29) is 82.5 Å². The number of halogens is 1. The van der Waals surface area contributed by atoms with Gasteiger partial charge in [0, 0.05) is 99.6 Å². The minimum atomic E-state index is -0.605. The van der Waals surface area contributed by atoms with Gasteiger partial charge in [-0.1, -0.05) is 20.8 Å². The number of nitrogens with zero attached hydrogens (tertiary/aromatic N) is 2. The molecule has 11 fully saturated rings. The summed E-state index contributed by atoms with van der Waals surface area (Å²) in [5.74, 6) is 1.76. The Labute approximate surface area is 714 Å². The minimum Gasteiger partial charge on any atom is -0.481 e. The monoisotopic (exact) mass is 1800 g/mol. The average molecular weight is 1800 g/mol. The number of Topliss-reactive ketones (excluding diaryl/α,β-unsaturated/α-hetero) is 1. The van der Waals surface area contributed by atoms with Crippen molar-refractivity contribution in [3.05, 3.63) is 62.8 Å². The zero-order valence-electron chi connectivity index (χ0n) is 69.4. The summed E-state index contributed by atoms with van der Waals surface area (Å²) in [6.07, 6.45) is 30.0. The van der Waals surface area contributed by atoms with Gasteiger partial charge in [-0.15, -0.1) is 57.7 Å². The molecule has 7 aliphatic carbocycles. The van der Waals surface area contributed by atoms with Crippen LogP contribution in [-0.2, 0) is 76.0 Å². The third kappa shape index (κ3) is 26.4. The van der Waals surface area contributed by atoms with Crippen LogP contribution in [0.1, 0.15) is 260 Å². The first-order valence-corrected chi connectivity index (χ1v) is 45.9. The molecule has 4 aromatic rings. The van der Waals surface area contributed by atoms with Gasteiger partial charge in [0.2, 0.25) is 11.8 Å². The average Bonchev–Trinajstić information content (AvgIpc) is 1.51. The molecule has 7 saturated carbocycles. The molecule has 4 saturated heterocycles. The van der Waals surface area contributed by atoms with E-state index in [4.69, 9.17) is 69.4 Å². The number of ketones is 1. The van der Waals surface area contributed by atoms with Crippen molar-refractivity contribution in [2.24, 2.45) is 40.9 Å². The second-order valence-electron chi connectivity index (χ2n) is 33.1. The number of rotatable bonds is 13. The summed E-state index contributed by atoms with van der Waals surface area (Å²) in [6.45, 7) is 18.1. The summed E-state index contributed by atoms with van der Waals surface area (Å²) in [6, 6.07) is 7.93. The van der Waals surface area contributed by atoms with Gasteiger partial charge in [0.25, 0.3) is 0 Å². The Bertz CT molecular complexity index is 3830. The number of carbonyl (C=O) groups is 8. The quantitative estimate of drug-likeness (QED) is 0.0485. The SMILES string of the molecule is C#CC(C)(C)C.CC1CCC(C(=O)O)CC1.COC(=O)c1sc(I)cc1N(C(=O)C1CCC(C)CC1)C1CCC2(CC1)OCCO2.COC(=O)c1sccc1N.COC(=O)c1sccc1N(C(=O)C1CCC(C)CC1)C1CCC2(CC1)OCCO2.COC(=O)c1sccc1NC1CCC2(CC1)OCCO2.O=C1CCC2(CC1)OCCO2. The summed E-state index contributed by atoms with van der Waals surface area (Å²) >= 11 is 7.64. The Morgan fingerprint density at radius 2 is 0.828 bits per heavy atom. The minimum absolute atomic E-state index is 0.0270. The second kappa shape index (κ2) is 44.7. The van der Waals surface area contributed by atoms with Crippen LogP contribution in [-0.4, -0.2) is 175 Å². The van der Waals surface area contributed by atoms with E-state index < -0.39 is 17.5 Å². The van der Waals surface area contributed by atoms with Gasteiger partial charge in [-0.2, -0.15) is 0 Å². The molecule has 30 heteroatoms. The number of methoxy groups -OCH3 is 4. The van der Waals surface area contributed by atoms with Gasteiger partial charge >= 0.3 is 29.8 Å². The van der Waals surface area contributed by atoms with E-state index in [1.807, 2.05) is 59.5 Å². The lowest BCUT2D eigenvalue weighted by molar-refractivity contribution is -0.179. The summed E-state index contributed by atoms with van der Waals surface area (Å²) in [7, 11) is 5.53. The number of carboxylic acids is 1. The maximum atomic E-state index is 13.8. The van der Waals surface area contributed by atoms with Gasteiger partial charge in [0.15, 0.2) is 23.1 Å². The summed E-state index contributed by atoms with van der Waals surface area (Å²) in [5, 5.41) is 17.6. The second-order valence-corrected chi connectivity index (χ2v) is 38.8. The summed E-state index contributed by atoms with van der Waals surface area (Å²) < 4.78 is 66.1. The first-order chi connectivity index (χ1) is 55.5. The molecule has 0 bridgehead atoms. The Hall–Kier alpha value is -5.67. The van der Waals surface area contributed by atoms with Crippen LogP contribution in [0.2, 0.25) is 0 Å². The van der Waals surface area contributed by atoms with Gasteiger partial charge < -0.3 is 82.8 Å². The van der Waals surface area contributed by atoms with Crippen LogP contribution in [0.5, 0.6) is 0 Å². The Kier molecular flexibility index (Phi) is 36.3. The molecule has 4 spiro atoms. The number of amides is 2. The van der Waals surface area contributed by atoms with E-state index in [2.05, 4.69) is 59.3 Å². The molecule has 2 amide bonds. The molecule has 11 aliphatic rings. The van der Waals surface area contributed by atoms with Crippen LogP contribution in [0, 0.1) is 56.2 Å². The van der Waals surface area contributed by atoms with Crippen LogP contribution < -0.4 is 20.9 Å². The van der Waals surface area contributed by atoms with E-state index in [1.165, 1.54) is 73.8 Å². The molecule has 116 heavy (non-hydrogen) atoms. The largest absolute Gasteiger partial charge is 0.481 e. The number of carbonyl (C=O) groups excluding carboxylic acids is 7. The molecule has 0 radical (unpaired) electrons. The zero-order chi connectivity index (χ0) is 83.8. The van der Waals surface area contributed by atoms with Gasteiger partial charge in [-0.25, -0.2) is 19.2 Å². The highest BCUT2D eigenvalue weighted by molar-refractivity contribution is 14.1. The van der Waals surface area contributed by atoms with Crippen LogP contribution in [0.25, 0.3) is 0 Å². The summed E-state index contributed by atoms with van der Waals surface area (Å²) in [4.78, 5) is 102. The molecule has 4 aromatic heterocycles. The fraction of sp³-hybridized carbons (Fsp3) is 0.698. The number of hydrogen-bond acceptors (Lipinski definition) is 26. The first-order valence-electron chi connectivity index (χ1n) is 41.4. The molecule has 4 N–H and O–H groups in total. The smallest absolute Gasteiger partial charge is 0.350 e. The van der Waals surface area contributed by atoms with Gasteiger partial charge in [-0.3, -0.25) is 19.2 Å². The molecule has 0 unspecified atom stereocenters. The maximum Gasteiger partial charge on any atom is 0.350 e. The van der Waals surface area contributed by atoms with Crippen LogP contribution in [0.15, 0.2) is 40.4 Å². The van der Waals surface area contributed by atoms with Crippen molar-refractivity contribution in [3.63, 3.8) is 0 Å². The number of carboxylic acid groups (broad SMARTS) is 1. The van der Waals surface area contributed by atoms with Crippen LogP contribution in [0.4, 0.5) is 22.7 Å². The van der Waals surface area contributed by atoms with E-state index in [0.717, 1.165) is 181 Å². The fourth-order valence-electron chi connectivity index (χ4n) is 16.7. The Morgan fingerprint density at radius 3 is 1.22 bits per heavy atom. The highest BCUT2D eigenvalue weighted by atomic mass is 127. The highest BCUT2D eigenvalue weighted by Crippen LogP contribution is 2.46. The van der Waals surface area contributed by atoms with Gasteiger partial charge in [0.05, 0.1) is 113 Å². The topological polar surface area (TPSA) is 312 Å². The first kappa shape index (κ1) is 94.2. The highest BCUT2D eigenvalue weighted by Gasteiger charge is 2.48. The predicted octanol–water partition coefficient (Wildman–Crippen LogP) is 17.5. The third-order valence-electron chi connectivity index (χ3n) is 23.8. The van der Waals surface area contributed by atoms with Gasteiger partial charge in [0.1, 0.15) is 25.3 Å². The van der Waals surface area contributed by atoms with Crippen molar-refractivity contribution in [1.82, 2.24) is 0 Å². The van der Waals surface area contributed by atoms with E-state index in [9.17, 15) is 38.4 Å². The number of nitrogen functional groups attached to an aromatic ring is 1. The van der Waals surface area contributed by atoms with Crippen LogP contribution >= 0.6 is 67.9 Å². The van der Waals surface area contributed by atoms with Gasteiger partial charge in [-0.05, 0) is 217 Å². The zero-order valence-corrected chi connectivity index (χ0v) is 74.8. The molecule has 644 valence electrons. The Morgan fingerprint density at radius 1 is 0.491 bits per heavy atom. The Balaban J connectivity index is 0.000000165. The van der Waals surface area contributed by atoms with Crippen molar-refractivity contribution in [2.75, 3.05) is 102 Å². The molecule has 25 nitrogen and oxygen atoms in total. The van der Waals surface area contributed by atoms with Crippen molar-refractivity contribution < 1.29 is 100 Å². The predicted molar refractivity (Wildman–Crippen MR) is 456 cm³/mol. The van der Waals surface area contributed by atoms with Crippen LogP contribution in [0.3, 0.4) is 0 Å². The normalized spacial score (nSPS) is 25.4. The molecule has 0 aromatic carbocycles. The summed E-state index contributed by atoms with van der Waals surface area (Å²) in [5.41, 5.74) is 8.28. The molecular weight excluding hydrogens is 1680 g/mol. The molecule has 0 atom stereocenters. The van der Waals surface area contributed by atoms with Crippen molar-refractivity contribution in [2.45, 2.75) is 263 Å². The molecule has 8 heterocycles. The number of terminal acetylenes is 1.